The minimum Gasteiger partial charge on any atom is -0.348 e. The summed E-state index contributed by atoms with van der Waals surface area (Å²) >= 11 is 0. The van der Waals surface area contributed by atoms with E-state index in [0.717, 1.165) is 6.07 Å². The maximum Gasteiger partial charge on any atom is 0.417 e. The summed E-state index contributed by atoms with van der Waals surface area (Å²) in [6.07, 6.45) is -1.86. The molecule has 156 valence electrons. The molecule has 0 aliphatic heterocycles. The number of aryl methyl sites for hydroxylation is 1. The number of fused-ring (bicyclic) bond motifs is 1. The molecule has 1 amide bonds. The Kier molecular flexibility index (Phi) is 5.06. The molecule has 0 spiro atoms. The van der Waals surface area contributed by atoms with Crippen molar-refractivity contribution >= 4 is 22.6 Å². The van der Waals surface area contributed by atoms with Gasteiger partial charge in [-0.1, -0.05) is 36.4 Å². The number of rotatable bonds is 3. The van der Waals surface area contributed by atoms with Gasteiger partial charge in [0, 0.05) is 25.1 Å². The first-order valence-electron chi connectivity index (χ1n) is 9.28. The number of nitrogens with one attached hydrogen (secondary N) is 1. The third-order valence-corrected chi connectivity index (χ3v) is 4.86. The second kappa shape index (κ2) is 7.71. The van der Waals surface area contributed by atoms with E-state index in [1.54, 1.807) is 54.1 Å². The zero-order valence-electron chi connectivity index (χ0n) is 16.3. The van der Waals surface area contributed by atoms with Crippen LogP contribution in [-0.4, -0.2) is 15.5 Å². The van der Waals surface area contributed by atoms with Gasteiger partial charge in [-0.3, -0.25) is 14.6 Å². The molecule has 5 nitrogen and oxygen atoms in total. The van der Waals surface area contributed by atoms with Gasteiger partial charge in [-0.2, -0.15) is 13.2 Å². The molecular formula is C23H16F3N3O2. The van der Waals surface area contributed by atoms with Crippen LogP contribution in [0.4, 0.5) is 18.9 Å². The molecule has 0 radical (unpaired) electrons. The third kappa shape index (κ3) is 3.92. The fraction of sp³-hybridized carbons (Fsp3) is 0.0870. The molecule has 0 aliphatic carbocycles. The summed E-state index contributed by atoms with van der Waals surface area (Å²) in [7, 11) is 1.65. The zero-order valence-corrected chi connectivity index (χ0v) is 16.3. The van der Waals surface area contributed by atoms with Gasteiger partial charge in [-0.15, -0.1) is 0 Å². The fourth-order valence-electron chi connectivity index (χ4n) is 3.39. The molecule has 0 atom stereocenters. The van der Waals surface area contributed by atoms with Gasteiger partial charge in [-0.25, -0.2) is 0 Å². The van der Waals surface area contributed by atoms with Crippen molar-refractivity contribution in [1.29, 1.82) is 0 Å². The number of amides is 1. The van der Waals surface area contributed by atoms with Crippen LogP contribution in [0.1, 0.15) is 15.9 Å². The van der Waals surface area contributed by atoms with E-state index in [0.29, 0.717) is 11.1 Å². The number of pyridine rings is 2. The van der Waals surface area contributed by atoms with Crippen LogP contribution in [0.5, 0.6) is 0 Å². The van der Waals surface area contributed by atoms with Crippen molar-refractivity contribution < 1.29 is 18.0 Å². The quantitative estimate of drug-likeness (QED) is 0.511. The molecule has 1 N–H and O–H groups in total. The fourth-order valence-corrected chi connectivity index (χ4v) is 3.39. The molecule has 4 aromatic rings. The minimum atomic E-state index is -4.63. The van der Waals surface area contributed by atoms with Gasteiger partial charge in [-0.05, 0) is 35.4 Å². The molecule has 0 bridgehead atoms. The topological polar surface area (TPSA) is 64.0 Å². The predicted molar refractivity (Wildman–Crippen MR) is 112 cm³/mol. The summed E-state index contributed by atoms with van der Waals surface area (Å²) in [5.74, 6) is -0.811. The van der Waals surface area contributed by atoms with Gasteiger partial charge >= 0.3 is 6.18 Å². The third-order valence-electron chi connectivity index (χ3n) is 4.86. The molecule has 2 aromatic heterocycles. The van der Waals surface area contributed by atoms with E-state index in [1.165, 1.54) is 24.5 Å². The number of carbonyl (C=O) groups is 1. The summed E-state index contributed by atoms with van der Waals surface area (Å²) in [5.41, 5.74) is -0.718. The zero-order chi connectivity index (χ0) is 22.2. The number of hydrogen-bond acceptors (Lipinski definition) is 3. The van der Waals surface area contributed by atoms with Crippen molar-refractivity contribution in [3.63, 3.8) is 0 Å². The lowest BCUT2D eigenvalue weighted by atomic mass is 9.98. The van der Waals surface area contributed by atoms with Crippen molar-refractivity contribution in [2.75, 3.05) is 5.32 Å². The number of nitrogens with zero attached hydrogens (tertiary/aromatic N) is 2. The molecule has 0 unspecified atom stereocenters. The van der Waals surface area contributed by atoms with Crippen LogP contribution in [0.2, 0.25) is 0 Å². The highest BCUT2D eigenvalue weighted by Gasteiger charge is 2.34. The summed E-state index contributed by atoms with van der Waals surface area (Å²) < 4.78 is 42.6. The van der Waals surface area contributed by atoms with Crippen LogP contribution in [-0.2, 0) is 13.2 Å². The highest BCUT2D eigenvalue weighted by Crippen LogP contribution is 2.38. The minimum absolute atomic E-state index is 0.00285. The summed E-state index contributed by atoms with van der Waals surface area (Å²) in [5, 5.41) is 2.40. The Balaban J connectivity index is 1.73. The van der Waals surface area contributed by atoms with Gasteiger partial charge in [0.05, 0.1) is 11.1 Å². The number of aromatic nitrogens is 2. The maximum atomic E-state index is 13.7. The second-order valence-corrected chi connectivity index (χ2v) is 6.93. The molecule has 2 heterocycles. The first-order chi connectivity index (χ1) is 14.8. The van der Waals surface area contributed by atoms with Crippen LogP contribution in [0.3, 0.4) is 0 Å². The summed E-state index contributed by atoms with van der Waals surface area (Å²) in [4.78, 5) is 29.4. The monoisotopic (exact) mass is 423 g/mol. The lowest BCUT2D eigenvalue weighted by Crippen LogP contribution is -2.24. The molecule has 31 heavy (non-hydrogen) atoms. The van der Waals surface area contributed by atoms with Crippen molar-refractivity contribution in [1.82, 2.24) is 9.55 Å². The van der Waals surface area contributed by atoms with E-state index >= 15 is 0 Å². The highest BCUT2D eigenvalue weighted by atomic mass is 19.4. The Morgan fingerprint density at radius 3 is 2.48 bits per heavy atom. The number of carbonyl (C=O) groups excluding carboxylic acids is 1. The van der Waals surface area contributed by atoms with Crippen molar-refractivity contribution in [2.45, 2.75) is 6.18 Å². The normalized spacial score (nSPS) is 11.5. The number of benzene rings is 2. The van der Waals surface area contributed by atoms with Crippen molar-refractivity contribution in [3.8, 4) is 11.1 Å². The Hall–Kier alpha value is -3.94. The van der Waals surface area contributed by atoms with Crippen LogP contribution >= 0.6 is 0 Å². The van der Waals surface area contributed by atoms with E-state index in [4.69, 9.17) is 0 Å². The SMILES string of the molecule is Cn1cc(C(=O)Nc2ccc(-c3ccccc3)c(C(F)(F)F)c2)c(=O)c2ncccc21. The Bertz CT molecular complexity index is 1350. The van der Waals surface area contributed by atoms with Crippen LogP contribution in [0.15, 0.2) is 77.9 Å². The Labute approximate surface area is 174 Å². The average molecular weight is 423 g/mol. The lowest BCUT2D eigenvalue weighted by Gasteiger charge is -2.15. The van der Waals surface area contributed by atoms with E-state index in [2.05, 4.69) is 10.3 Å². The maximum absolute atomic E-state index is 13.7. The molecule has 0 saturated heterocycles. The van der Waals surface area contributed by atoms with E-state index in [9.17, 15) is 22.8 Å². The first-order valence-corrected chi connectivity index (χ1v) is 9.28. The molecule has 0 fully saturated rings. The molecule has 4 rings (SSSR count). The second-order valence-electron chi connectivity index (χ2n) is 6.93. The first kappa shape index (κ1) is 20.3. The van der Waals surface area contributed by atoms with E-state index in [-0.39, 0.29) is 22.3 Å². The number of halogens is 3. The largest absolute Gasteiger partial charge is 0.417 e. The van der Waals surface area contributed by atoms with E-state index in [1.807, 2.05) is 0 Å². The molecular weight excluding hydrogens is 407 g/mol. The van der Waals surface area contributed by atoms with Gasteiger partial charge in [0.1, 0.15) is 11.1 Å². The van der Waals surface area contributed by atoms with Gasteiger partial charge in [0.2, 0.25) is 5.43 Å². The van der Waals surface area contributed by atoms with Crippen LogP contribution in [0.25, 0.3) is 22.2 Å². The highest BCUT2D eigenvalue weighted by molar-refractivity contribution is 6.05. The standard InChI is InChI=1S/C23H16F3N3O2/c1-29-13-17(21(30)20-19(29)8-5-11-27-20)22(31)28-15-9-10-16(14-6-3-2-4-7-14)18(12-15)23(24,25)26/h2-13H,1H3,(H,28,31). The van der Waals surface area contributed by atoms with Crippen LogP contribution in [0, 0.1) is 0 Å². The van der Waals surface area contributed by atoms with Crippen molar-refractivity contribution in [3.05, 3.63) is 94.4 Å². The predicted octanol–water partition coefficient (Wildman–Crippen LogP) is 4.87. The number of anilines is 1. The lowest BCUT2D eigenvalue weighted by molar-refractivity contribution is -0.137. The average Bonchev–Trinajstić information content (AvgIpc) is 2.76. The van der Waals surface area contributed by atoms with E-state index < -0.39 is 23.1 Å². The number of alkyl halides is 3. The summed E-state index contributed by atoms with van der Waals surface area (Å²) in [6.45, 7) is 0. The molecule has 8 heteroatoms. The Morgan fingerprint density at radius 1 is 1.03 bits per heavy atom. The van der Waals surface area contributed by atoms with Crippen molar-refractivity contribution in [2.24, 2.45) is 7.05 Å². The smallest absolute Gasteiger partial charge is 0.348 e. The van der Waals surface area contributed by atoms with Gasteiger partial charge in [0.25, 0.3) is 5.91 Å². The summed E-state index contributed by atoms with van der Waals surface area (Å²) in [6, 6.07) is 15.0. The van der Waals surface area contributed by atoms with Gasteiger partial charge < -0.3 is 9.88 Å². The molecule has 0 saturated carbocycles. The molecule has 2 aromatic carbocycles. The van der Waals surface area contributed by atoms with Crippen LogP contribution < -0.4 is 10.7 Å². The number of hydrogen-bond donors (Lipinski definition) is 1. The van der Waals surface area contributed by atoms with Gasteiger partial charge in [0.15, 0.2) is 0 Å². The Morgan fingerprint density at radius 2 is 1.77 bits per heavy atom. The molecule has 0 aliphatic rings.